The number of hydrogen-bond donors (Lipinski definition) is 2. The lowest BCUT2D eigenvalue weighted by Crippen LogP contribution is -2.65. The van der Waals surface area contributed by atoms with E-state index in [1.807, 2.05) is 13.8 Å². The van der Waals surface area contributed by atoms with Gasteiger partial charge in [-0.15, -0.1) is 0 Å². The number of ketones is 1. The highest BCUT2D eigenvalue weighted by molar-refractivity contribution is 5.96. The number of rotatable bonds is 4. The first-order chi connectivity index (χ1) is 7.54. The molecule has 1 atom stereocenters. The number of Topliss-reactive ketones (excluding diaryl/α,β-unsaturated/α-hetero) is 1. The number of nitrogens with zero attached hydrogens (tertiary/aromatic N) is 1. The maximum atomic E-state index is 11.4. The smallest absolute Gasteiger partial charge is 0.162 e. The van der Waals surface area contributed by atoms with Gasteiger partial charge in [-0.2, -0.15) is 0 Å². The predicted octanol–water partition coefficient (Wildman–Crippen LogP) is 0.898. The van der Waals surface area contributed by atoms with Crippen LogP contribution in [0.25, 0.3) is 0 Å². The second-order valence-electron chi connectivity index (χ2n) is 3.76. The molecule has 0 aromatic heterocycles. The van der Waals surface area contributed by atoms with Crippen LogP contribution in [0.2, 0.25) is 0 Å². The molecule has 0 saturated carbocycles. The monoisotopic (exact) mass is 220 g/mol. The van der Waals surface area contributed by atoms with Gasteiger partial charge in [0.2, 0.25) is 0 Å². The van der Waals surface area contributed by atoms with Crippen LogP contribution in [-0.2, 0) is 0 Å². The van der Waals surface area contributed by atoms with Gasteiger partial charge in [0.15, 0.2) is 11.6 Å². The first kappa shape index (κ1) is 12.4. The molecule has 16 heavy (non-hydrogen) atoms. The fourth-order valence-corrected chi connectivity index (χ4v) is 1.19. The summed E-state index contributed by atoms with van der Waals surface area (Å²) < 4.78 is 0. The van der Waals surface area contributed by atoms with E-state index < -0.39 is 0 Å². The summed E-state index contributed by atoms with van der Waals surface area (Å²) in [5.41, 5.74) is 10.9. The summed E-state index contributed by atoms with van der Waals surface area (Å²) in [4.78, 5) is 15.6. The average Bonchev–Trinajstić information content (AvgIpc) is 2.28. The standard InChI is InChI=1S/C12H17N3O/c1-3-11(16)9-4-6-10(7-5-9)15-12(14)8(2)13/h4-8H,3,13H2,1-2H3,(H2,14,15)/p+1. The van der Waals surface area contributed by atoms with E-state index in [9.17, 15) is 4.79 Å². The number of quaternary nitrogens is 1. The van der Waals surface area contributed by atoms with Crippen molar-refractivity contribution in [3.63, 3.8) is 0 Å². The molecule has 1 aromatic rings. The Balaban J connectivity index is 2.87. The number of amidine groups is 1. The van der Waals surface area contributed by atoms with Crippen molar-refractivity contribution in [2.45, 2.75) is 26.3 Å². The Morgan fingerprint density at radius 3 is 2.44 bits per heavy atom. The zero-order valence-electron chi connectivity index (χ0n) is 9.73. The minimum atomic E-state index is -0.0167. The van der Waals surface area contributed by atoms with Crippen LogP contribution in [0.5, 0.6) is 0 Å². The third-order valence-electron chi connectivity index (χ3n) is 2.27. The van der Waals surface area contributed by atoms with Crippen molar-refractivity contribution >= 4 is 17.3 Å². The molecule has 1 rings (SSSR count). The maximum Gasteiger partial charge on any atom is 0.162 e. The molecule has 0 aliphatic rings. The Kier molecular flexibility index (Phi) is 4.19. The van der Waals surface area contributed by atoms with E-state index in [-0.39, 0.29) is 11.8 Å². The zero-order chi connectivity index (χ0) is 12.1. The van der Waals surface area contributed by atoms with Crippen molar-refractivity contribution < 1.29 is 10.5 Å². The Morgan fingerprint density at radius 1 is 1.44 bits per heavy atom. The van der Waals surface area contributed by atoms with Crippen LogP contribution < -0.4 is 11.5 Å². The van der Waals surface area contributed by atoms with Crippen molar-refractivity contribution in [3.8, 4) is 0 Å². The van der Waals surface area contributed by atoms with Crippen LogP contribution in [0.3, 0.4) is 0 Å². The summed E-state index contributed by atoms with van der Waals surface area (Å²) in [6.07, 6.45) is 0.515. The van der Waals surface area contributed by atoms with E-state index in [2.05, 4.69) is 10.7 Å². The summed E-state index contributed by atoms with van der Waals surface area (Å²) in [6, 6.07) is 7.10. The Hall–Kier alpha value is -1.68. The summed E-state index contributed by atoms with van der Waals surface area (Å²) >= 11 is 0. The van der Waals surface area contributed by atoms with Gasteiger partial charge in [-0.25, -0.2) is 4.99 Å². The fourth-order valence-electron chi connectivity index (χ4n) is 1.19. The number of benzene rings is 1. The van der Waals surface area contributed by atoms with Crippen LogP contribution in [-0.4, -0.2) is 17.7 Å². The zero-order valence-corrected chi connectivity index (χ0v) is 9.73. The molecule has 0 aliphatic carbocycles. The highest BCUT2D eigenvalue weighted by atomic mass is 16.1. The molecule has 5 N–H and O–H groups in total. The largest absolute Gasteiger partial charge is 0.382 e. The molecule has 4 nitrogen and oxygen atoms in total. The lowest BCUT2D eigenvalue weighted by Gasteiger charge is -2.02. The van der Waals surface area contributed by atoms with Crippen LogP contribution >= 0.6 is 0 Å². The maximum absolute atomic E-state index is 11.4. The second kappa shape index (κ2) is 5.42. The molecule has 0 spiro atoms. The molecule has 0 heterocycles. The quantitative estimate of drug-likeness (QED) is 0.449. The van der Waals surface area contributed by atoms with Crippen LogP contribution in [0, 0.1) is 0 Å². The van der Waals surface area contributed by atoms with Crippen molar-refractivity contribution in [1.29, 1.82) is 0 Å². The van der Waals surface area contributed by atoms with Crippen LogP contribution in [0.4, 0.5) is 5.69 Å². The Morgan fingerprint density at radius 2 is 2.00 bits per heavy atom. The first-order valence-electron chi connectivity index (χ1n) is 5.35. The number of carbonyl (C=O) groups excluding carboxylic acids is 1. The van der Waals surface area contributed by atoms with E-state index in [0.29, 0.717) is 17.8 Å². The molecule has 1 aromatic carbocycles. The Labute approximate surface area is 95.4 Å². The second-order valence-corrected chi connectivity index (χ2v) is 3.76. The highest BCUT2D eigenvalue weighted by Crippen LogP contribution is 2.14. The van der Waals surface area contributed by atoms with Gasteiger partial charge in [-0.1, -0.05) is 6.92 Å². The van der Waals surface area contributed by atoms with Gasteiger partial charge in [-0.05, 0) is 31.2 Å². The molecule has 1 unspecified atom stereocenters. The number of carbonyl (C=O) groups is 1. The van der Waals surface area contributed by atoms with Gasteiger partial charge in [0, 0.05) is 12.0 Å². The molecular formula is C12H18N3O+. The summed E-state index contributed by atoms with van der Waals surface area (Å²) in [6.45, 7) is 3.73. The lowest BCUT2D eigenvalue weighted by atomic mass is 10.1. The van der Waals surface area contributed by atoms with Crippen LogP contribution in [0.1, 0.15) is 30.6 Å². The highest BCUT2D eigenvalue weighted by Gasteiger charge is 2.04. The molecule has 0 amide bonds. The van der Waals surface area contributed by atoms with Gasteiger partial charge in [0.05, 0.1) is 5.69 Å². The summed E-state index contributed by atoms with van der Waals surface area (Å²) in [5, 5.41) is 0. The normalized spacial score (nSPS) is 13.6. The van der Waals surface area contributed by atoms with Crippen molar-refractivity contribution in [2.24, 2.45) is 10.7 Å². The lowest BCUT2D eigenvalue weighted by molar-refractivity contribution is -0.389. The van der Waals surface area contributed by atoms with Gasteiger partial charge in [0.25, 0.3) is 0 Å². The molecule has 0 aliphatic heterocycles. The first-order valence-corrected chi connectivity index (χ1v) is 5.35. The van der Waals surface area contributed by atoms with E-state index in [4.69, 9.17) is 5.73 Å². The van der Waals surface area contributed by atoms with Crippen molar-refractivity contribution in [3.05, 3.63) is 29.8 Å². The third kappa shape index (κ3) is 3.17. The molecule has 0 radical (unpaired) electrons. The fraction of sp³-hybridized carbons (Fsp3) is 0.333. The molecule has 0 fully saturated rings. The topological polar surface area (TPSA) is 83.1 Å². The van der Waals surface area contributed by atoms with Gasteiger partial charge < -0.3 is 11.5 Å². The average molecular weight is 220 g/mol. The predicted molar refractivity (Wildman–Crippen MR) is 64.7 cm³/mol. The minimum absolute atomic E-state index is 0.0167. The minimum Gasteiger partial charge on any atom is -0.382 e. The number of nitrogens with two attached hydrogens (primary N) is 1. The molecular weight excluding hydrogens is 202 g/mol. The van der Waals surface area contributed by atoms with Gasteiger partial charge >= 0.3 is 0 Å². The van der Waals surface area contributed by atoms with E-state index in [1.54, 1.807) is 24.3 Å². The Bertz CT molecular complexity index is 393. The number of hydrogen-bond acceptors (Lipinski definition) is 2. The molecule has 86 valence electrons. The van der Waals surface area contributed by atoms with Crippen molar-refractivity contribution in [1.82, 2.24) is 0 Å². The van der Waals surface area contributed by atoms with E-state index in [1.165, 1.54) is 0 Å². The molecule has 0 bridgehead atoms. The molecule has 0 saturated heterocycles. The van der Waals surface area contributed by atoms with E-state index in [0.717, 1.165) is 5.69 Å². The number of aliphatic imine (C=N–C) groups is 1. The van der Waals surface area contributed by atoms with Crippen molar-refractivity contribution in [2.75, 3.05) is 0 Å². The summed E-state index contributed by atoms with van der Waals surface area (Å²) in [7, 11) is 0. The van der Waals surface area contributed by atoms with Crippen LogP contribution in [0.15, 0.2) is 29.3 Å². The molecule has 4 heteroatoms. The SMILES string of the molecule is CCC(=O)c1ccc(N=C(N)C(C)[NH3+])cc1. The third-order valence-corrected chi connectivity index (χ3v) is 2.27. The van der Waals surface area contributed by atoms with Gasteiger partial charge in [0.1, 0.15) is 6.04 Å². The summed E-state index contributed by atoms with van der Waals surface area (Å²) in [5.74, 6) is 0.628. The van der Waals surface area contributed by atoms with E-state index >= 15 is 0 Å². The van der Waals surface area contributed by atoms with Gasteiger partial charge in [-0.3, -0.25) is 4.79 Å².